The Morgan fingerprint density at radius 2 is 2.17 bits per heavy atom. The van der Waals surface area contributed by atoms with Crippen molar-refractivity contribution >= 4 is 5.91 Å². The van der Waals surface area contributed by atoms with Gasteiger partial charge in [0.15, 0.2) is 0 Å². The number of nitrogens with one attached hydrogen (secondary N) is 1. The molecule has 3 rings (SSSR count). The molecule has 0 bridgehead atoms. The van der Waals surface area contributed by atoms with Crippen LogP contribution in [-0.2, 0) is 4.79 Å². The van der Waals surface area contributed by atoms with Crippen molar-refractivity contribution in [3.8, 4) is 0 Å². The number of hydrogen-bond donors (Lipinski definition) is 1. The summed E-state index contributed by atoms with van der Waals surface area (Å²) in [6, 6.07) is 0. The van der Waals surface area contributed by atoms with Crippen molar-refractivity contribution in [1.29, 1.82) is 0 Å². The minimum Gasteiger partial charge on any atom is -0.342 e. The Kier molecular flexibility index (Phi) is 3.35. The first kappa shape index (κ1) is 12.5. The zero-order valence-electron chi connectivity index (χ0n) is 11.6. The maximum Gasteiger partial charge on any atom is 0.226 e. The summed E-state index contributed by atoms with van der Waals surface area (Å²) in [6.45, 7) is 6.52. The predicted octanol–water partition coefficient (Wildman–Crippen LogP) is 2.02. The largest absolute Gasteiger partial charge is 0.342 e. The van der Waals surface area contributed by atoms with E-state index in [0.717, 1.165) is 32.1 Å². The molecule has 1 N–H and O–H groups in total. The van der Waals surface area contributed by atoms with Gasteiger partial charge in [-0.2, -0.15) is 0 Å². The summed E-state index contributed by atoms with van der Waals surface area (Å²) in [6.07, 6.45) is 7.36. The number of hydrogen-bond acceptors (Lipinski definition) is 2. The smallest absolute Gasteiger partial charge is 0.226 e. The number of piperidine rings is 2. The maximum atomic E-state index is 12.6. The summed E-state index contributed by atoms with van der Waals surface area (Å²) in [5.74, 6) is 1.61. The molecule has 0 aromatic heterocycles. The molecule has 0 radical (unpaired) electrons. The molecule has 1 spiro atoms. The van der Waals surface area contributed by atoms with Gasteiger partial charge < -0.3 is 10.2 Å². The van der Waals surface area contributed by atoms with Gasteiger partial charge in [-0.3, -0.25) is 4.79 Å². The lowest BCUT2D eigenvalue weighted by atomic mass is 9.90. The molecular formula is C15H26N2O. The van der Waals surface area contributed by atoms with Crippen molar-refractivity contribution in [3.63, 3.8) is 0 Å². The minimum absolute atomic E-state index is 0.371. The van der Waals surface area contributed by atoms with E-state index in [4.69, 9.17) is 0 Å². The highest BCUT2D eigenvalue weighted by molar-refractivity contribution is 5.82. The molecule has 2 unspecified atom stereocenters. The Morgan fingerprint density at radius 3 is 2.89 bits per heavy atom. The lowest BCUT2D eigenvalue weighted by Gasteiger charge is -2.33. The van der Waals surface area contributed by atoms with Crippen LogP contribution in [0.4, 0.5) is 0 Å². The van der Waals surface area contributed by atoms with Crippen molar-refractivity contribution in [2.75, 3.05) is 26.2 Å². The second-order valence-electron chi connectivity index (χ2n) is 6.57. The molecule has 2 saturated heterocycles. The molecule has 3 heteroatoms. The van der Waals surface area contributed by atoms with Crippen molar-refractivity contribution in [2.24, 2.45) is 17.3 Å². The van der Waals surface area contributed by atoms with E-state index in [2.05, 4.69) is 17.1 Å². The summed E-state index contributed by atoms with van der Waals surface area (Å²) in [5, 5.41) is 3.41. The van der Waals surface area contributed by atoms with E-state index in [1.165, 1.54) is 38.5 Å². The fourth-order valence-corrected chi connectivity index (χ4v) is 3.99. The van der Waals surface area contributed by atoms with Crippen LogP contribution in [0, 0.1) is 17.3 Å². The van der Waals surface area contributed by atoms with Crippen LogP contribution in [0.3, 0.4) is 0 Å². The number of carbonyl (C=O) groups excluding carboxylic acids is 1. The molecule has 2 aliphatic heterocycles. The Morgan fingerprint density at radius 1 is 1.39 bits per heavy atom. The zero-order chi connectivity index (χ0) is 12.6. The van der Waals surface area contributed by atoms with Gasteiger partial charge in [0.1, 0.15) is 0 Å². The number of amides is 1. The third-order valence-corrected chi connectivity index (χ3v) is 5.50. The van der Waals surface area contributed by atoms with Gasteiger partial charge in [-0.1, -0.05) is 13.3 Å². The first-order valence-corrected chi connectivity index (χ1v) is 7.75. The highest BCUT2D eigenvalue weighted by Crippen LogP contribution is 2.59. The number of carbonyl (C=O) groups is 1. The molecule has 2 heterocycles. The first-order chi connectivity index (χ1) is 8.75. The summed E-state index contributed by atoms with van der Waals surface area (Å²) < 4.78 is 0. The van der Waals surface area contributed by atoms with Crippen LogP contribution < -0.4 is 5.32 Å². The van der Waals surface area contributed by atoms with Gasteiger partial charge in [-0.25, -0.2) is 0 Å². The standard InChI is InChI=1S/C15H26N2O/c1-2-12-4-3-9-17(11-12)14(18)13-10-15(13)5-7-16-8-6-15/h12-13,16H,2-11H2,1H3. The van der Waals surface area contributed by atoms with E-state index >= 15 is 0 Å². The summed E-state index contributed by atoms with van der Waals surface area (Å²) in [7, 11) is 0. The average Bonchev–Trinajstić information content (AvgIpc) is 3.12. The van der Waals surface area contributed by atoms with Gasteiger partial charge in [0.2, 0.25) is 5.91 Å². The molecule has 18 heavy (non-hydrogen) atoms. The van der Waals surface area contributed by atoms with Crippen LogP contribution >= 0.6 is 0 Å². The maximum absolute atomic E-state index is 12.6. The first-order valence-electron chi connectivity index (χ1n) is 7.75. The Hall–Kier alpha value is -0.570. The molecule has 1 aliphatic carbocycles. The van der Waals surface area contributed by atoms with Gasteiger partial charge in [-0.15, -0.1) is 0 Å². The van der Waals surface area contributed by atoms with Crippen LogP contribution in [0.15, 0.2) is 0 Å². The van der Waals surface area contributed by atoms with Crippen LogP contribution in [0.2, 0.25) is 0 Å². The lowest BCUT2D eigenvalue weighted by Crippen LogP contribution is -2.42. The quantitative estimate of drug-likeness (QED) is 0.813. The van der Waals surface area contributed by atoms with E-state index in [-0.39, 0.29) is 0 Å². The molecule has 2 atom stereocenters. The van der Waals surface area contributed by atoms with E-state index in [1.807, 2.05) is 0 Å². The second-order valence-corrected chi connectivity index (χ2v) is 6.57. The number of rotatable bonds is 2. The van der Waals surface area contributed by atoms with E-state index < -0.39 is 0 Å². The van der Waals surface area contributed by atoms with Crippen LogP contribution in [0.25, 0.3) is 0 Å². The van der Waals surface area contributed by atoms with Gasteiger partial charge in [0.05, 0.1) is 0 Å². The second kappa shape index (κ2) is 4.84. The monoisotopic (exact) mass is 250 g/mol. The average molecular weight is 250 g/mol. The van der Waals surface area contributed by atoms with Crippen molar-refractivity contribution in [2.45, 2.75) is 45.4 Å². The van der Waals surface area contributed by atoms with Gasteiger partial charge in [-0.05, 0) is 56.5 Å². The summed E-state index contributed by atoms with van der Waals surface area (Å²) in [4.78, 5) is 14.8. The number of likely N-dealkylation sites (tertiary alicyclic amines) is 1. The fourth-order valence-electron chi connectivity index (χ4n) is 3.99. The molecule has 3 nitrogen and oxygen atoms in total. The SMILES string of the molecule is CCC1CCCN(C(=O)C2CC23CCNCC3)C1. The third kappa shape index (κ3) is 2.18. The Balaban J connectivity index is 1.58. The molecule has 0 aromatic carbocycles. The molecule has 3 fully saturated rings. The zero-order valence-corrected chi connectivity index (χ0v) is 11.6. The molecule has 0 aromatic rings. The molecular weight excluding hydrogens is 224 g/mol. The minimum atomic E-state index is 0.371. The fraction of sp³-hybridized carbons (Fsp3) is 0.933. The van der Waals surface area contributed by atoms with Crippen LogP contribution in [0.5, 0.6) is 0 Å². The van der Waals surface area contributed by atoms with Gasteiger partial charge in [0.25, 0.3) is 0 Å². The Bertz CT molecular complexity index is 318. The third-order valence-electron chi connectivity index (χ3n) is 5.50. The molecule has 102 valence electrons. The normalized spacial score (nSPS) is 34.6. The van der Waals surface area contributed by atoms with E-state index in [1.54, 1.807) is 0 Å². The topological polar surface area (TPSA) is 32.3 Å². The highest BCUT2D eigenvalue weighted by atomic mass is 16.2. The van der Waals surface area contributed by atoms with Gasteiger partial charge >= 0.3 is 0 Å². The van der Waals surface area contributed by atoms with E-state index in [0.29, 0.717) is 17.2 Å². The predicted molar refractivity (Wildman–Crippen MR) is 72.2 cm³/mol. The van der Waals surface area contributed by atoms with Crippen LogP contribution in [-0.4, -0.2) is 37.0 Å². The van der Waals surface area contributed by atoms with Crippen LogP contribution in [0.1, 0.15) is 45.4 Å². The molecule has 3 aliphatic rings. The highest BCUT2D eigenvalue weighted by Gasteiger charge is 2.58. The van der Waals surface area contributed by atoms with Crippen molar-refractivity contribution in [1.82, 2.24) is 10.2 Å². The summed E-state index contributed by atoms with van der Waals surface area (Å²) >= 11 is 0. The number of nitrogens with zero attached hydrogens (tertiary/aromatic N) is 1. The summed E-state index contributed by atoms with van der Waals surface area (Å²) in [5.41, 5.74) is 0.404. The van der Waals surface area contributed by atoms with Gasteiger partial charge in [0, 0.05) is 19.0 Å². The van der Waals surface area contributed by atoms with Crippen molar-refractivity contribution < 1.29 is 4.79 Å². The lowest BCUT2D eigenvalue weighted by molar-refractivity contribution is -0.135. The molecule has 1 saturated carbocycles. The van der Waals surface area contributed by atoms with E-state index in [9.17, 15) is 4.79 Å². The molecule has 1 amide bonds. The van der Waals surface area contributed by atoms with Crippen molar-refractivity contribution in [3.05, 3.63) is 0 Å². The Labute approximate surface area is 110 Å².